The van der Waals surface area contributed by atoms with Crippen molar-refractivity contribution in [1.29, 1.82) is 0 Å². The van der Waals surface area contributed by atoms with Crippen molar-refractivity contribution in [2.45, 2.75) is 25.0 Å². The van der Waals surface area contributed by atoms with Gasteiger partial charge in [-0.05, 0) is 35.4 Å². The monoisotopic (exact) mass is 500 g/mol. The summed E-state index contributed by atoms with van der Waals surface area (Å²) in [5.74, 6) is 0.715. The van der Waals surface area contributed by atoms with Crippen molar-refractivity contribution < 1.29 is 23.5 Å². The average Bonchev–Trinajstić information content (AvgIpc) is 3.57. The van der Waals surface area contributed by atoms with Crippen LogP contribution in [-0.2, 0) is 22.6 Å². The number of carbonyl (C=O) groups is 3. The molecule has 190 valence electrons. The average molecular weight is 501 g/mol. The first-order valence-corrected chi connectivity index (χ1v) is 12.0. The van der Waals surface area contributed by atoms with Crippen LogP contribution in [0.4, 0.5) is 4.79 Å². The first-order valence-electron chi connectivity index (χ1n) is 12.0. The van der Waals surface area contributed by atoms with Gasteiger partial charge in [0.1, 0.15) is 17.6 Å². The Bertz CT molecular complexity index is 1320. The minimum atomic E-state index is -0.782. The van der Waals surface area contributed by atoms with Gasteiger partial charge in [0, 0.05) is 13.5 Å². The zero-order chi connectivity index (χ0) is 25.9. The fourth-order valence-corrected chi connectivity index (χ4v) is 4.77. The van der Waals surface area contributed by atoms with Crippen LogP contribution < -0.4 is 15.4 Å². The number of hydrogen-bond donors (Lipinski definition) is 2. The Kier molecular flexibility index (Phi) is 6.68. The summed E-state index contributed by atoms with van der Waals surface area (Å²) in [5.41, 5.74) is 2.73. The molecule has 37 heavy (non-hydrogen) atoms. The maximum atomic E-state index is 13.9. The van der Waals surface area contributed by atoms with Crippen LogP contribution in [0, 0.1) is 0 Å². The van der Waals surface area contributed by atoms with Crippen molar-refractivity contribution in [3.63, 3.8) is 0 Å². The third kappa shape index (κ3) is 4.80. The molecule has 0 radical (unpaired) electrons. The molecule has 5 rings (SSSR count). The molecule has 3 aromatic rings. The highest BCUT2D eigenvalue weighted by atomic mass is 16.5. The molecule has 3 heterocycles. The van der Waals surface area contributed by atoms with E-state index in [0.717, 1.165) is 11.1 Å². The SMILES string of the molecule is COc1ccc([C@H]2NC(=O)N(C)C3=C2C(=O)N([C@H](Cc2ccccc2)C(=O)NCc2ccco2)C3)cc1. The molecule has 0 aliphatic carbocycles. The summed E-state index contributed by atoms with van der Waals surface area (Å²) in [7, 11) is 3.21. The summed E-state index contributed by atoms with van der Waals surface area (Å²) in [6.07, 6.45) is 1.87. The lowest BCUT2D eigenvalue weighted by Crippen LogP contribution is -2.49. The van der Waals surface area contributed by atoms with Gasteiger partial charge < -0.3 is 24.7 Å². The Labute approximate surface area is 214 Å². The molecule has 2 aromatic carbocycles. The van der Waals surface area contributed by atoms with E-state index in [1.165, 1.54) is 4.90 Å². The highest BCUT2D eigenvalue weighted by molar-refractivity contribution is 6.03. The molecule has 0 saturated carbocycles. The summed E-state index contributed by atoms with van der Waals surface area (Å²) in [6.45, 7) is 0.358. The summed E-state index contributed by atoms with van der Waals surface area (Å²) in [6, 6.07) is 18.6. The first-order chi connectivity index (χ1) is 18.0. The fraction of sp³-hybridized carbons (Fsp3) is 0.250. The topological polar surface area (TPSA) is 104 Å². The molecule has 9 heteroatoms. The molecule has 2 aliphatic rings. The smallest absolute Gasteiger partial charge is 0.322 e. The van der Waals surface area contributed by atoms with Crippen LogP contribution in [-0.4, -0.2) is 54.4 Å². The molecular weight excluding hydrogens is 472 g/mol. The van der Waals surface area contributed by atoms with Crippen molar-refractivity contribution in [3.8, 4) is 5.75 Å². The second-order valence-corrected chi connectivity index (χ2v) is 9.01. The van der Waals surface area contributed by atoms with E-state index in [-0.39, 0.29) is 30.9 Å². The number of methoxy groups -OCH3 is 1. The van der Waals surface area contributed by atoms with Crippen LogP contribution in [0.5, 0.6) is 5.75 Å². The van der Waals surface area contributed by atoms with E-state index >= 15 is 0 Å². The molecule has 2 N–H and O–H groups in total. The number of hydrogen-bond acceptors (Lipinski definition) is 5. The zero-order valence-electron chi connectivity index (χ0n) is 20.6. The van der Waals surface area contributed by atoms with Crippen LogP contribution >= 0.6 is 0 Å². The standard InChI is InChI=1S/C28H28N4O5/c1-31-23-17-32(27(34)24(23)25(30-28(31)35)19-10-12-20(36-2)13-11-19)22(15-18-7-4-3-5-8-18)26(33)29-16-21-9-6-14-37-21/h3-14,22,25H,15-17H2,1-2H3,(H,29,33)(H,30,35)/t22-,25-/m1/s1. The predicted molar refractivity (Wildman–Crippen MR) is 135 cm³/mol. The number of furan rings is 1. The number of rotatable bonds is 8. The number of ether oxygens (including phenoxy) is 1. The van der Waals surface area contributed by atoms with Crippen molar-refractivity contribution in [2.75, 3.05) is 20.7 Å². The molecule has 2 atom stereocenters. The largest absolute Gasteiger partial charge is 0.497 e. The van der Waals surface area contributed by atoms with Crippen LogP contribution in [0.15, 0.2) is 88.7 Å². The number of nitrogens with one attached hydrogen (secondary N) is 2. The second-order valence-electron chi connectivity index (χ2n) is 9.01. The van der Waals surface area contributed by atoms with E-state index < -0.39 is 12.1 Å². The van der Waals surface area contributed by atoms with Gasteiger partial charge >= 0.3 is 6.03 Å². The number of benzene rings is 2. The Balaban J connectivity index is 1.45. The molecule has 0 saturated heterocycles. The van der Waals surface area contributed by atoms with Gasteiger partial charge in [0.05, 0.1) is 43.8 Å². The molecule has 4 amide bonds. The Morgan fingerprint density at radius 1 is 1.11 bits per heavy atom. The van der Waals surface area contributed by atoms with Crippen molar-refractivity contribution in [2.24, 2.45) is 0 Å². The first kappa shape index (κ1) is 24.2. The number of urea groups is 1. The maximum absolute atomic E-state index is 13.9. The minimum Gasteiger partial charge on any atom is -0.497 e. The Morgan fingerprint density at radius 2 is 1.86 bits per heavy atom. The highest BCUT2D eigenvalue weighted by Crippen LogP contribution is 2.37. The van der Waals surface area contributed by atoms with Crippen LogP contribution in [0.3, 0.4) is 0 Å². The summed E-state index contributed by atoms with van der Waals surface area (Å²) in [4.78, 5) is 43.2. The molecule has 1 aromatic heterocycles. The van der Waals surface area contributed by atoms with Crippen molar-refractivity contribution >= 4 is 17.8 Å². The molecule has 0 spiro atoms. The van der Waals surface area contributed by atoms with Crippen LogP contribution in [0.1, 0.15) is 22.9 Å². The van der Waals surface area contributed by atoms with Gasteiger partial charge in [-0.15, -0.1) is 0 Å². The number of likely N-dealkylation sites (N-methyl/N-ethyl adjacent to an activating group) is 1. The molecule has 0 bridgehead atoms. The molecule has 0 unspecified atom stereocenters. The number of amides is 4. The third-order valence-electron chi connectivity index (χ3n) is 6.81. The second kappa shape index (κ2) is 10.2. The normalized spacial score (nSPS) is 17.9. The Hall–Kier alpha value is -4.53. The lowest BCUT2D eigenvalue weighted by atomic mass is 9.95. The quantitative estimate of drug-likeness (QED) is 0.495. The molecular formula is C28H28N4O5. The van der Waals surface area contributed by atoms with Crippen molar-refractivity contribution in [3.05, 3.63) is 101 Å². The zero-order valence-corrected chi connectivity index (χ0v) is 20.6. The van der Waals surface area contributed by atoms with Gasteiger partial charge in [-0.2, -0.15) is 0 Å². The Morgan fingerprint density at radius 3 is 2.54 bits per heavy atom. The van der Waals surface area contributed by atoms with Gasteiger partial charge in [-0.25, -0.2) is 4.79 Å². The molecule has 0 fully saturated rings. The van der Waals surface area contributed by atoms with E-state index in [1.54, 1.807) is 49.6 Å². The molecule has 9 nitrogen and oxygen atoms in total. The molecule has 2 aliphatic heterocycles. The number of nitrogens with zero attached hydrogens (tertiary/aromatic N) is 2. The highest BCUT2D eigenvalue weighted by Gasteiger charge is 2.46. The van der Waals surface area contributed by atoms with E-state index in [4.69, 9.17) is 9.15 Å². The van der Waals surface area contributed by atoms with Gasteiger partial charge in [0.2, 0.25) is 5.91 Å². The fourth-order valence-electron chi connectivity index (χ4n) is 4.77. The van der Waals surface area contributed by atoms with E-state index in [9.17, 15) is 14.4 Å². The third-order valence-corrected chi connectivity index (χ3v) is 6.81. The summed E-state index contributed by atoms with van der Waals surface area (Å²) >= 11 is 0. The van der Waals surface area contributed by atoms with Gasteiger partial charge in [-0.1, -0.05) is 42.5 Å². The van der Waals surface area contributed by atoms with E-state index in [2.05, 4.69) is 10.6 Å². The summed E-state index contributed by atoms with van der Waals surface area (Å²) < 4.78 is 10.6. The van der Waals surface area contributed by atoms with Gasteiger partial charge in [0.25, 0.3) is 5.91 Å². The minimum absolute atomic E-state index is 0.149. The predicted octanol–water partition coefficient (Wildman–Crippen LogP) is 3.01. The van der Waals surface area contributed by atoms with E-state index in [0.29, 0.717) is 29.2 Å². The van der Waals surface area contributed by atoms with Crippen molar-refractivity contribution in [1.82, 2.24) is 20.4 Å². The van der Waals surface area contributed by atoms with Gasteiger partial charge in [0.15, 0.2) is 0 Å². The van der Waals surface area contributed by atoms with Crippen LogP contribution in [0.2, 0.25) is 0 Å². The van der Waals surface area contributed by atoms with Gasteiger partial charge in [-0.3, -0.25) is 14.5 Å². The van der Waals surface area contributed by atoms with E-state index in [1.807, 2.05) is 42.5 Å². The maximum Gasteiger partial charge on any atom is 0.322 e. The lowest BCUT2D eigenvalue weighted by Gasteiger charge is -2.31. The summed E-state index contributed by atoms with van der Waals surface area (Å²) in [5, 5.41) is 5.84. The number of carbonyl (C=O) groups excluding carboxylic acids is 3. The lowest BCUT2D eigenvalue weighted by molar-refractivity contribution is -0.136. The van der Waals surface area contributed by atoms with Crippen LogP contribution in [0.25, 0.3) is 0 Å².